The molecule has 0 amide bonds. The van der Waals surface area contributed by atoms with Crippen LogP contribution in [0.15, 0.2) is 30.9 Å². The van der Waals surface area contributed by atoms with Crippen LogP contribution in [0.3, 0.4) is 0 Å². The molecule has 0 aliphatic heterocycles. The largest absolute Gasteiger partial charge is 0.508 e. The minimum atomic E-state index is 0.360. The Morgan fingerprint density at radius 1 is 1.50 bits per heavy atom. The average molecular weight is 245 g/mol. The van der Waals surface area contributed by atoms with Crippen molar-refractivity contribution in [3.63, 3.8) is 0 Å². The van der Waals surface area contributed by atoms with E-state index < -0.39 is 0 Å². The number of aromatic hydroxyl groups is 1. The highest BCUT2D eigenvalue weighted by Gasteiger charge is 2.30. The summed E-state index contributed by atoms with van der Waals surface area (Å²) < 4.78 is 0. The Morgan fingerprint density at radius 3 is 3.06 bits per heavy atom. The minimum absolute atomic E-state index is 0.360. The molecule has 98 valence electrons. The van der Waals surface area contributed by atoms with Crippen LogP contribution < -0.4 is 5.32 Å². The van der Waals surface area contributed by atoms with Gasteiger partial charge in [-0.1, -0.05) is 25.1 Å². The van der Waals surface area contributed by atoms with E-state index in [-0.39, 0.29) is 0 Å². The Kier molecular flexibility index (Phi) is 4.43. The van der Waals surface area contributed by atoms with Gasteiger partial charge in [0.1, 0.15) is 5.75 Å². The maximum absolute atomic E-state index is 10.1. The molecule has 18 heavy (non-hydrogen) atoms. The molecule has 0 saturated carbocycles. The Labute approximate surface area is 110 Å². The minimum Gasteiger partial charge on any atom is -0.508 e. The van der Waals surface area contributed by atoms with Gasteiger partial charge in [-0.05, 0) is 43.9 Å². The molecule has 2 nitrogen and oxygen atoms in total. The number of rotatable bonds is 5. The van der Waals surface area contributed by atoms with E-state index in [1.807, 2.05) is 12.1 Å². The first kappa shape index (κ1) is 13.2. The van der Waals surface area contributed by atoms with Gasteiger partial charge in [-0.15, -0.1) is 6.58 Å². The van der Waals surface area contributed by atoms with E-state index in [9.17, 15) is 5.11 Å². The maximum atomic E-state index is 10.1. The fourth-order valence-electron chi connectivity index (χ4n) is 2.99. The summed E-state index contributed by atoms with van der Waals surface area (Å²) in [6, 6.07) is 6.35. The van der Waals surface area contributed by atoms with E-state index in [1.165, 1.54) is 5.56 Å². The van der Waals surface area contributed by atoms with Crippen molar-refractivity contribution in [2.45, 2.75) is 44.6 Å². The lowest BCUT2D eigenvalue weighted by molar-refractivity contribution is 0.371. The summed E-state index contributed by atoms with van der Waals surface area (Å²) >= 11 is 0. The van der Waals surface area contributed by atoms with E-state index >= 15 is 0 Å². The second-order valence-electron chi connectivity index (χ2n) is 5.08. The van der Waals surface area contributed by atoms with Gasteiger partial charge >= 0.3 is 0 Å². The molecule has 0 heterocycles. The molecule has 1 aliphatic rings. The molecule has 1 aromatic carbocycles. The van der Waals surface area contributed by atoms with Crippen LogP contribution in [0.25, 0.3) is 0 Å². The summed E-state index contributed by atoms with van der Waals surface area (Å²) in [7, 11) is 0. The number of fused-ring (bicyclic) bond motifs is 1. The molecule has 0 spiro atoms. The van der Waals surface area contributed by atoms with Gasteiger partial charge in [0.05, 0.1) is 0 Å². The summed E-state index contributed by atoms with van der Waals surface area (Å²) in [6.45, 7) is 7.09. The van der Waals surface area contributed by atoms with Crippen LogP contribution in [0.1, 0.15) is 43.2 Å². The number of hydrogen-bond acceptors (Lipinski definition) is 2. The zero-order chi connectivity index (χ0) is 13.0. The first-order chi connectivity index (χ1) is 8.77. The highest BCUT2D eigenvalue weighted by atomic mass is 16.3. The van der Waals surface area contributed by atoms with Crippen molar-refractivity contribution in [3.05, 3.63) is 42.0 Å². The van der Waals surface area contributed by atoms with Crippen molar-refractivity contribution in [1.29, 1.82) is 0 Å². The van der Waals surface area contributed by atoms with Gasteiger partial charge in [0.2, 0.25) is 0 Å². The van der Waals surface area contributed by atoms with Crippen molar-refractivity contribution in [2.75, 3.05) is 6.54 Å². The van der Waals surface area contributed by atoms with Crippen molar-refractivity contribution in [2.24, 2.45) is 0 Å². The van der Waals surface area contributed by atoms with Crippen LogP contribution in [0, 0.1) is 0 Å². The number of phenols is 1. The van der Waals surface area contributed by atoms with Crippen LogP contribution >= 0.6 is 0 Å². The molecule has 2 rings (SSSR count). The molecule has 0 aromatic heterocycles. The summed E-state index contributed by atoms with van der Waals surface area (Å²) in [5.74, 6) is 0.807. The Hall–Kier alpha value is -1.28. The smallest absolute Gasteiger partial charge is 0.119 e. The molecular formula is C16H23NO. The van der Waals surface area contributed by atoms with E-state index in [4.69, 9.17) is 0 Å². The predicted octanol–water partition coefficient (Wildman–Crippen LogP) is 3.37. The van der Waals surface area contributed by atoms with Crippen molar-refractivity contribution >= 4 is 0 Å². The quantitative estimate of drug-likeness (QED) is 0.780. The molecule has 0 unspecified atom stereocenters. The number of benzene rings is 1. The molecule has 2 atom stereocenters. The van der Waals surface area contributed by atoms with Crippen molar-refractivity contribution in [3.8, 4) is 5.75 Å². The summed E-state index contributed by atoms with van der Waals surface area (Å²) in [4.78, 5) is 0. The number of phenolic OH excluding ortho intramolecular Hbond substituents is 1. The molecule has 0 fully saturated rings. The van der Waals surface area contributed by atoms with Crippen LogP contribution in [-0.4, -0.2) is 17.7 Å². The molecule has 0 saturated heterocycles. The fourth-order valence-corrected chi connectivity index (χ4v) is 2.99. The van der Waals surface area contributed by atoms with Crippen LogP contribution in [0.4, 0.5) is 0 Å². The molecular weight excluding hydrogens is 222 g/mol. The maximum Gasteiger partial charge on any atom is 0.119 e. The van der Waals surface area contributed by atoms with Crippen LogP contribution in [0.2, 0.25) is 0 Å². The lowest BCUT2D eigenvalue weighted by Crippen LogP contribution is -2.38. The standard InChI is InChI=1S/C16H23NO/c1-3-6-13-14(17-11-4-2)10-9-12-7-5-8-15(18)16(12)13/h3,5,7-8,13-14,17-18H,1,4,6,9-11H2,2H3/t13-,14-/m0/s1. The number of aryl methyl sites for hydroxylation is 1. The third-order valence-corrected chi connectivity index (χ3v) is 3.83. The van der Waals surface area contributed by atoms with Crippen LogP contribution in [0.5, 0.6) is 5.75 Å². The molecule has 1 aromatic rings. The predicted molar refractivity (Wildman–Crippen MR) is 76.1 cm³/mol. The third kappa shape index (κ3) is 2.59. The third-order valence-electron chi connectivity index (χ3n) is 3.83. The molecule has 2 N–H and O–H groups in total. The number of nitrogens with one attached hydrogen (secondary N) is 1. The van der Waals surface area contributed by atoms with Gasteiger partial charge in [0, 0.05) is 17.5 Å². The summed E-state index contributed by atoms with van der Waals surface area (Å²) in [5.41, 5.74) is 2.44. The first-order valence-electron chi connectivity index (χ1n) is 6.93. The number of allylic oxidation sites excluding steroid dienone is 1. The zero-order valence-electron chi connectivity index (χ0n) is 11.2. The topological polar surface area (TPSA) is 32.3 Å². The Bertz CT molecular complexity index is 414. The van der Waals surface area contributed by atoms with Gasteiger partial charge < -0.3 is 10.4 Å². The second-order valence-corrected chi connectivity index (χ2v) is 5.08. The lowest BCUT2D eigenvalue weighted by Gasteiger charge is -2.34. The first-order valence-corrected chi connectivity index (χ1v) is 6.93. The van der Waals surface area contributed by atoms with Gasteiger partial charge in [0.25, 0.3) is 0 Å². The van der Waals surface area contributed by atoms with E-state index in [2.05, 4.69) is 24.9 Å². The molecule has 1 aliphatic carbocycles. The van der Waals surface area contributed by atoms with Crippen molar-refractivity contribution < 1.29 is 5.11 Å². The van der Waals surface area contributed by atoms with Gasteiger partial charge in [0.15, 0.2) is 0 Å². The number of hydrogen-bond donors (Lipinski definition) is 2. The second kappa shape index (κ2) is 6.05. The molecule has 0 bridgehead atoms. The highest BCUT2D eigenvalue weighted by molar-refractivity contribution is 5.45. The van der Waals surface area contributed by atoms with Gasteiger partial charge in [-0.3, -0.25) is 0 Å². The highest BCUT2D eigenvalue weighted by Crippen LogP contribution is 2.39. The molecule has 2 heteroatoms. The summed E-state index contributed by atoms with van der Waals surface area (Å²) in [6.07, 6.45) is 6.23. The van der Waals surface area contributed by atoms with E-state index in [0.29, 0.717) is 17.7 Å². The molecule has 0 radical (unpaired) electrons. The van der Waals surface area contributed by atoms with Crippen LogP contribution in [-0.2, 0) is 6.42 Å². The fraction of sp³-hybridized carbons (Fsp3) is 0.500. The zero-order valence-corrected chi connectivity index (χ0v) is 11.2. The lowest BCUT2D eigenvalue weighted by atomic mass is 9.77. The van der Waals surface area contributed by atoms with Gasteiger partial charge in [-0.25, -0.2) is 0 Å². The Balaban J connectivity index is 2.28. The van der Waals surface area contributed by atoms with E-state index in [1.54, 1.807) is 6.07 Å². The summed E-state index contributed by atoms with van der Waals surface area (Å²) in [5, 5.41) is 13.7. The monoisotopic (exact) mass is 245 g/mol. The van der Waals surface area contributed by atoms with Crippen molar-refractivity contribution in [1.82, 2.24) is 5.32 Å². The Morgan fingerprint density at radius 2 is 2.33 bits per heavy atom. The SMILES string of the molecule is C=CC[C@@H]1c2c(O)cccc2CC[C@@H]1NCCC. The average Bonchev–Trinajstić information content (AvgIpc) is 2.38. The van der Waals surface area contributed by atoms with Gasteiger partial charge in [-0.2, -0.15) is 0 Å². The van der Waals surface area contributed by atoms with E-state index in [0.717, 1.165) is 37.8 Å². The normalized spacial score (nSPS) is 22.5.